The van der Waals surface area contributed by atoms with Gasteiger partial charge >= 0.3 is 12.1 Å². The highest BCUT2D eigenvalue weighted by Crippen LogP contribution is 2.28. The SMILES string of the molecule is CCOC(=O)CCNC(=O)C(c1ccc(C)cc1)N(C(=O)C(Cc1ccccc1)NC(=O)OC(C)(C)C)C(C)CCC(C)C. The summed E-state index contributed by atoms with van der Waals surface area (Å²) in [5.41, 5.74) is 1.72. The van der Waals surface area contributed by atoms with E-state index in [2.05, 4.69) is 24.5 Å². The quantitative estimate of drug-likeness (QED) is 0.243. The number of ether oxygens (including phenoxy) is 2. The van der Waals surface area contributed by atoms with Crippen molar-refractivity contribution in [1.29, 1.82) is 0 Å². The number of rotatable bonds is 15. The lowest BCUT2D eigenvalue weighted by Crippen LogP contribution is -2.56. The van der Waals surface area contributed by atoms with Crippen LogP contribution < -0.4 is 10.6 Å². The molecule has 3 unspecified atom stereocenters. The van der Waals surface area contributed by atoms with Crippen LogP contribution in [0.1, 0.15) is 90.5 Å². The summed E-state index contributed by atoms with van der Waals surface area (Å²) in [6.45, 7) is 15.4. The molecule has 0 saturated heterocycles. The standard InChI is InChI=1S/C35H51N3O6/c1-9-43-30(39)21-22-36-32(40)31(28-19-16-25(4)17-20-28)38(26(5)18-15-24(2)3)33(41)29(23-27-13-11-10-12-14-27)37-34(42)44-35(6,7)8/h10-14,16-17,19-20,24,26,29,31H,9,15,18,21-23H2,1-8H3,(H,36,40)(H,37,42). The summed E-state index contributed by atoms with van der Waals surface area (Å²) in [6.07, 6.45) is 0.976. The molecule has 0 heterocycles. The molecule has 3 amide bonds. The molecule has 9 nitrogen and oxygen atoms in total. The Labute approximate surface area is 263 Å². The summed E-state index contributed by atoms with van der Waals surface area (Å²) in [4.78, 5) is 55.3. The monoisotopic (exact) mass is 609 g/mol. The highest BCUT2D eigenvalue weighted by molar-refractivity contribution is 5.92. The Bertz CT molecular complexity index is 1210. The molecule has 0 saturated carbocycles. The van der Waals surface area contributed by atoms with Gasteiger partial charge in [-0.3, -0.25) is 14.4 Å². The van der Waals surface area contributed by atoms with Crippen LogP contribution in [0.15, 0.2) is 54.6 Å². The van der Waals surface area contributed by atoms with E-state index in [4.69, 9.17) is 9.47 Å². The first kappa shape index (κ1) is 36.3. The summed E-state index contributed by atoms with van der Waals surface area (Å²) in [6, 6.07) is 14.5. The number of nitrogens with zero attached hydrogens (tertiary/aromatic N) is 1. The Hall–Kier alpha value is -3.88. The Morgan fingerprint density at radius 1 is 0.909 bits per heavy atom. The van der Waals surface area contributed by atoms with Crippen LogP contribution in [0.2, 0.25) is 0 Å². The molecule has 0 aliphatic rings. The fraction of sp³-hybridized carbons (Fsp3) is 0.543. The molecular formula is C35H51N3O6. The zero-order valence-electron chi connectivity index (χ0n) is 27.6. The van der Waals surface area contributed by atoms with E-state index in [9.17, 15) is 19.2 Å². The first-order valence-electron chi connectivity index (χ1n) is 15.6. The zero-order valence-corrected chi connectivity index (χ0v) is 27.6. The number of amides is 3. The smallest absolute Gasteiger partial charge is 0.408 e. The maximum atomic E-state index is 14.7. The van der Waals surface area contributed by atoms with Crippen molar-refractivity contribution in [2.75, 3.05) is 13.2 Å². The number of carbonyl (C=O) groups is 4. The van der Waals surface area contributed by atoms with E-state index in [0.29, 0.717) is 17.9 Å². The maximum absolute atomic E-state index is 14.7. The van der Waals surface area contributed by atoms with Gasteiger partial charge in [0.05, 0.1) is 13.0 Å². The van der Waals surface area contributed by atoms with Crippen LogP contribution in [0.4, 0.5) is 4.79 Å². The van der Waals surface area contributed by atoms with Gasteiger partial charge in [-0.15, -0.1) is 0 Å². The molecule has 0 aliphatic carbocycles. The van der Waals surface area contributed by atoms with Gasteiger partial charge in [-0.05, 0) is 71.4 Å². The van der Waals surface area contributed by atoms with Crippen molar-refractivity contribution in [2.24, 2.45) is 5.92 Å². The molecule has 0 radical (unpaired) electrons. The molecule has 44 heavy (non-hydrogen) atoms. The van der Waals surface area contributed by atoms with E-state index in [1.807, 2.05) is 68.4 Å². The lowest BCUT2D eigenvalue weighted by atomic mass is 9.95. The largest absolute Gasteiger partial charge is 0.466 e. The van der Waals surface area contributed by atoms with Gasteiger partial charge in [-0.1, -0.05) is 74.0 Å². The number of benzene rings is 2. The molecule has 0 fully saturated rings. The third-order valence-electron chi connectivity index (χ3n) is 7.02. The van der Waals surface area contributed by atoms with Crippen LogP contribution in [0, 0.1) is 12.8 Å². The zero-order chi connectivity index (χ0) is 32.9. The lowest BCUT2D eigenvalue weighted by molar-refractivity contribution is -0.146. The van der Waals surface area contributed by atoms with Crippen molar-refractivity contribution in [1.82, 2.24) is 15.5 Å². The Morgan fingerprint density at radius 2 is 1.55 bits per heavy atom. The molecule has 0 aliphatic heterocycles. The molecule has 0 aromatic heterocycles. The first-order chi connectivity index (χ1) is 20.7. The second kappa shape index (κ2) is 17.4. The predicted octanol–water partition coefficient (Wildman–Crippen LogP) is 5.89. The van der Waals surface area contributed by atoms with Crippen LogP contribution >= 0.6 is 0 Å². The number of nitrogens with one attached hydrogen (secondary N) is 2. The number of hydrogen-bond donors (Lipinski definition) is 2. The third-order valence-corrected chi connectivity index (χ3v) is 7.02. The highest BCUT2D eigenvalue weighted by Gasteiger charge is 2.39. The Morgan fingerprint density at radius 3 is 2.11 bits per heavy atom. The minimum atomic E-state index is -1.01. The van der Waals surface area contributed by atoms with E-state index in [-0.39, 0.29) is 32.0 Å². The van der Waals surface area contributed by atoms with Crippen molar-refractivity contribution in [3.63, 3.8) is 0 Å². The number of hydrogen-bond acceptors (Lipinski definition) is 6. The molecule has 2 rings (SSSR count). The topological polar surface area (TPSA) is 114 Å². The van der Waals surface area contributed by atoms with Gasteiger partial charge in [-0.25, -0.2) is 4.79 Å². The maximum Gasteiger partial charge on any atom is 0.408 e. The number of aryl methyl sites for hydroxylation is 1. The summed E-state index contributed by atoms with van der Waals surface area (Å²) >= 11 is 0. The minimum Gasteiger partial charge on any atom is -0.466 e. The van der Waals surface area contributed by atoms with E-state index in [0.717, 1.165) is 17.5 Å². The normalized spacial score (nSPS) is 13.4. The highest BCUT2D eigenvalue weighted by atomic mass is 16.6. The summed E-state index contributed by atoms with van der Waals surface area (Å²) in [7, 11) is 0. The third kappa shape index (κ3) is 12.4. The van der Waals surface area contributed by atoms with Gasteiger partial charge in [0.25, 0.3) is 0 Å². The molecule has 9 heteroatoms. The van der Waals surface area contributed by atoms with E-state index >= 15 is 0 Å². The Kier molecular flexibility index (Phi) is 14.4. The van der Waals surface area contributed by atoms with Crippen LogP contribution in [0.5, 0.6) is 0 Å². The Balaban J connectivity index is 2.58. The van der Waals surface area contributed by atoms with Gasteiger partial charge in [0, 0.05) is 19.0 Å². The lowest BCUT2D eigenvalue weighted by Gasteiger charge is -2.39. The average molecular weight is 610 g/mol. The molecule has 242 valence electrons. The van der Waals surface area contributed by atoms with E-state index in [1.54, 1.807) is 32.6 Å². The van der Waals surface area contributed by atoms with Crippen molar-refractivity contribution < 1.29 is 28.7 Å². The van der Waals surface area contributed by atoms with Crippen LogP contribution in [0.3, 0.4) is 0 Å². The van der Waals surface area contributed by atoms with Gasteiger partial charge < -0.3 is 25.0 Å². The second-order valence-electron chi connectivity index (χ2n) is 12.6. The molecule has 2 aromatic carbocycles. The van der Waals surface area contributed by atoms with Crippen LogP contribution in [0.25, 0.3) is 0 Å². The molecule has 0 bridgehead atoms. The average Bonchev–Trinajstić information content (AvgIpc) is 2.94. The molecule has 0 spiro atoms. The number of carbonyl (C=O) groups excluding carboxylic acids is 4. The fourth-order valence-electron chi connectivity index (χ4n) is 4.80. The van der Waals surface area contributed by atoms with Crippen LogP contribution in [-0.4, -0.2) is 59.6 Å². The predicted molar refractivity (Wildman–Crippen MR) is 172 cm³/mol. The molecular weight excluding hydrogens is 558 g/mol. The summed E-state index contributed by atoms with van der Waals surface area (Å²) in [5, 5.41) is 5.66. The van der Waals surface area contributed by atoms with Crippen LogP contribution in [-0.2, 0) is 30.3 Å². The van der Waals surface area contributed by atoms with Gasteiger partial charge in [0.2, 0.25) is 11.8 Å². The first-order valence-corrected chi connectivity index (χ1v) is 15.6. The van der Waals surface area contributed by atoms with Crippen molar-refractivity contribution in [3.8, 4) is 0 Å². The van der Waals surface area contributed by atoms with Gasteiger partial charge in [-0.2, -0.15) is 0 Å². The van der Waals surface area contributed by atoms with Gasteiger partial charge in [0.15, 0.2) is 0 Å². The van der Waals surface area contributed by atoms with Gasteiger partial charge in [0.1, 0.15) is 17.7 Å². The van der Waals surface area contributed by atoms with Crippen molar-refractivity contribution in [3.05, 3.63) is 71.3 Å². The fourth-order valence-corrected chi connectivity index (χ4v) is 4.80. The second-order valence-corrected chi connectivity index (χ2v) is 12.6. The number of alkyl carbamates (subject to hydrolysis) is 1. The molecule has 2 aromatic rings. The summed E-state index contributed by atoms with van der Waals surface area (Å²) < 4.78 is 10.5. The van der Waals surface area contributed by atoms with Crippen molar-refractivity contribution >= 4 is 23.9 Å². The number of esters is 1. The molecule has 3 atom stereocenters. The molecule has 2 N–H and O–H groups in total. The van der Waals surface area contributed by atoms with Crippen molar-refractivity contribution in [2.45, 2.75) is 105 Å². The van der Waals surface area contributed by atoms with E-state index in [1.165, 1.54) is 0 Å². The minimum absolute atomic E-state index is 0.00782. The summed E-state index contributed by atoms with van der Waals surface area (Å²) in [5.74, 6) is -0.853. The van der Waals surface area contributed by atoms with E-state index < -0.39 is 41.6 Å².